The number of rotatable bonds is 6. The molecule has 0 saturated carbocycles. The summed E-state index contributed by atoms with van der Waals surface area (Å²) in [6, 6.07) is 5.72. The number of carbonyl (C=O) groups is 1. The van der Waals surface area contributed by atoms with Gasteiger partial charge in [0, 0.05) is 19.3 Å². The van der Waals surface area contributed by atoms with Gasteiger partial charge in [0.05, 0.1) is 13.0 Å². The lowest BCUT2D eigenvalue weighted by Gasteiger charge is -2.22. The molecule has 0 heterocycles. The highest BCUT2D eigenvalue weighted by Crippen LogP contribution is 2.42. The van der Waals surface area contributed by atoms with Crippen molar-refractivity contribution in [2.45, 2.75) is 39.5 Å². The van der Waals surface area contributed by atoms with Crippen LogP contribution in [0.15, 0.2) is 18.2 Å². The van der Waals surface area contributed by atoms with Gasteiger partial charge in [-0.2, -0.15) is 0 Å². The first-order valence-corrected chi connectivity index (χ1v) is 9.14. The maximum atomic E-state index is 11.9. The minimum absolute atomic E-state index is 0.00281. The fourth-order valence-corrected chi connectivity index (χ4v) is 2.37. The second-order valence-electron chi connectivity index (χ2n) is 6.26. The molecule has 0 aromatic heterocycles. The van der Waals surface area contributed by atoms with Gasteiger partial charge in [-0.05, 0) is 18.4 Å². The van der Waals surface area contributed by atoms with Crippen LogP contribution in [0.1, 0.15) is 38.3 Å². The van der Waals surface area contributed by atoms with Crippen molar-refractivity contribution in [2.75, 3.05) is 20.4 Å². The molecule has 1 rings (SSSR count). The van der Waals surface area contributed by atoms with E-state index in [1.165, 1.54) is 13.8 Å². The Bertz CT molecular complexity index is 574. The zero-order chi connectivity index (χ0) is 17.0. The van der Waals surface area contributed by atoms with Crippen LogP contribution in [-0.2, 0) is 23.8 Å². The third-order valence-corrected chi connectivity index (χ3v) is 4.45. The molecule has 0 N–H and O–H groups in total. The van der Waals surface area contributed by atoms with Gasteiger partial charge in [-0.1, -0.05) is 38.5 Å². The number of ether oxygens (including phenoxy) is 1. The molecule has 0 spiro atoms. The summed E-state index contributed by atoms with van der Waals surface area (Å²) in [7, 11) is -1.76. The van der Waals surface area contributed by atoms with Gasteiger partial charge in [-0.15, -0.1) is 0 Å². The Balaban J connectivity index is 2.71. The summed E-state index contributed by atoms with van der Waals surface area (Å²) in [6.07, 6.45) is 0.0125. The maximum Gasteiger partial charge on any atom is 0.327 e. The predicted molar refractivity (Wildman–Crippen MR) is 86.6 cm³/mol. The van der Waals surface area contributed by atoms with Gasteiger partial charge in [-0.3, -0.25) is 9.36 Å². The Morgan fingerprint density at radius 2 is 1.91 bits per heavy atom. The summed E-state index contributed by atoms with van der Waals surface area (Å²) in [5, 5.41) is 0. The molecule has 124 valence electrons. The van der Waals surface area contributed by atoms with Gasteiger partial charge in [-0.25, -0.2) is 0 Å². The Kier molecular flexibility index (Phi) is 6.36. The van der Waals surface area contributed by atoms with Crippen LogP contribution in [0.5, 0.6) is 5.75 Å². The SMILES string of the molecule is COP(C)(=O)OCCC(=O)Oc1ccc(C)cc1C(C)(C)C. The molecule has 0 amide bonds. The second-order valence-corrected chi connectivity index (χ2v) is 8.43. The van der Waals surface area contributed by atoms with Crippen molar-refractivity contribution >= 4 is 13.6 Å². The van der Waals surface area contributed by atoms with Gasteiger partial charge in [0.1, 0.15) is 5.75 Å². The minimum atomic E-state index is -3.06. The largest absolute Gasteiger partial charge is 0.426 e. The van der Waals surface area contributed by atoms with Crippen molar-refractivity contribution in [3.05, 3.63) is 29.3 Å². The molecule has 0 saturated heterocycles. The summed E-state index contributed by atoms with van der Waals surface area (Å²) in [4.78, 5) is 11.9. The Hall–Kier alpha value is -1.16. The molecule has 6 heteroatoms. The fourth-order valence-electron chi connectivity index (χ4n) is 1.84. The highest BCUT2D eigenvalue weighted by atomic mass is 31.2. The van der Waals surface area contributed by atoms with Gasteiger partial charge >= 0.3 is 13.6 Å². The van der Waals surface area contributed by atoms with E-state index in [4.69, 9.17) is 13.8 Å². The molecule has 5 nitrogen and oxygen atoms in total. The zero-order valence-electron chi connectivity index (χ0n) is 14.1. The van der Waals surface area contributed by atoms with Crippen molar-refractivity contribution in [3.8, 4) is 5.75 Å². The van der Waals surface area contributed by atoms with Crippen molar-refractivity contribution in [1.82, 2.24) is 0 Å². The molecule has 0 aliphatic rings. The van der Waals surface area contributed by atoms with Crippen LogP contribution in [0.2, 0.25) is 0 Å². The number of carbonyl (C=O) groups excluding carboxylic acids is 1. The standard InChI is InChI=1S/C16H25O5P/c1-12-7-8-14(13(11-12)16(2,3)4)21-15(17)9-10-20-22(6,18)19-5/h7-8,11H,9-10H2,1-6H3. The van der Waals surface area contributed by atoms with E-state index in [0.29, 0.717) is 5.75 Å². The van der Waals surface area contributed by atoms with Gasteiger partial charge < -0.3 is 13.8 Å². The molecule has 0 aliphatic heterocycles. The van der Waals surface area contributed by atoms with Crippen LogP contribution >= 0.6 is 7.60 Å². The second kappa shape index (κ2) is 7.40. The molecule has 0 bridgehead atoms. The minimum Gasteiger partial charge on any atom is -0.426 e. The van der Waals surface area contributed by atoms with Crippen LogP contribution < -0.4 is 4.74 Å². The maximum absolute atomic E-state index is 11.9. The van der Waals surface area contributed by atoms with E-state index in [-0.39, 0.29) is 18.4 Å². The van der Waals surface area contributed by atoms with Crippen LogP contribution in [0, 0.1) is 6.92 Å². The molecule has 1 aromatic carbocycles. The quantitative estimate of drug-likeness (QED) is 0.447. The summed E-state index contributed by atoms with van der Waals surface area (Å²) < 4.78 is 26.7. The van der Waals surface area contributed by atoms with Crippen LogP contribution in [-0.4, -0.2) is 26.4 Å². The monoisotopic (exact) mass is 328 g/mol. The lowest BCUT2D eigenvalue weighted by molar-refractivity contribution is -0.135. The number of hydrogen-bond acceptors (Lipinski definition) is 5. The van der Waals surface area contributed by atoms with Crippen molar-refractivity contribution in [2.24, 2.45) is 0 Å². The highest BCUT2D eigenvalue weighted by molar-refractivity contribution is 7.52. The van der Waals surface area contributed by atoms with Crippen molar-refractivity contribution in [3.63, 3.8) is 0 Å². The smallest absolute Gasteiger partial charge is 0.327 e. The van der Waals surface area contributed by atoms with Crippen LogP contribution in [0.25, 0.3) is 0 Å². The number of aryl methyl sites for hydroxylation is 1. The predicted octanol–water partition coefficient (Wildman–Crippen LogP) is 4.07. The molecule has 0 fully saturated rings. The normalized spacial score (nSPS) is 14.5. The molecule has 0 aliphatic carbocycles. The van der Waals surface area contributed by atoms with Gasteiger partial charge in [0.25, 0.3) is 0 Å². The first-order chi connectivity index (χ1) is 10.0. The van der Waals surface area contributed by atoms with Crippen molar-refractivity contribution < 1.29 is 23.1 Å². The van der Waals surface area contributed by atoms with E-state index in [9.17, 15) is 9.36 Å². The summed E-state index contributed by atoms with van der Waals surface area (Å²) in [5.74, 6) is 0.125. The zero-order valence-corrected chi connectivity index (χ0v) is 15.0. The third kappa shape index (κ3) is 5.91. The molecule has 0 radical (unpaired) electrons. The lowest BCUT2D eigenvalue weighted by Crippen LogP contribution is -2.17. The number of esters is 1. The molecule has 1 unspecified atom stereocenters. The number of hydrogen-bond donors (Lipinski definition) is 0. The van der Waals surface area contributed by atoms with E-state index >= 15 is 0 Å². The van der Waals surface area contributed by atoms with Crippen molar-refractivity contribution in [1.29, 1.82) is 0 Å². The molecule has 22 heavy (non-hydrogen) atoms. The van der Waals surface area contributed by atoms with E-state index in [1.807, 2.05) is 19.1 Å². The third-order valence-electron chi connectivity index (χ3n) is 3.13. The molecule has 1 atom stereocenters. The van der Waals surface area contributed by atoms with E-state index in [1.54, 1.807) is 6.07 Å². The highest BCUT2D eigenvalue weighted by Gasteiger charge is 2.21. The van der Waals surface area contributed by atoms with E-state index < -0.39 is 13.6 Å². The Morgan fingerprint density at radius 3 is 2.45 bits per heavy atom. The van der Waals surface area contributed by atoms with Gasteiger partial charge in [0.15, 0.2) is 0 Å². The Morgan fingerprint density at radius 1 is 1.27 bits per heavy atom. The lowest BCUT2D eigenvalue weighted by atomic mass is 9.85. The van der Waals surface area contributed by atoms with Gasteiger partial charge in [0.2, 0.25) is 0 Å². The van der Waals surface area contributed by atoms with Crippen LogP contribution in [0.3, 0.4) is 0 Å². The summed E-state index contributed by atoms with van der Waals surface area (Å²) in [5.41, 5.74) is 1.95. The number of benzene rings is 1. The topological polar surface area (TPSA) is 61.8 Å². The average molecular weight is 328 g/mol. The molecular formula is C16H25O5P. The summed E-state index contributed by atoms with van der Waals surface area (Å²) >= 11 is 0. The van der Waals surface area contributed by atoms with E-state index in [0.717, 1.165) is 11.1 Å². The fraction of sp³-hybridized carbons (Fsp3) is 0.562. The van der Waals surface area contributed by atoms with E-state index in [2.05, 4.69) is 20.8 Å². The first-order valence-electron chi connectivity index (χ1n) is 7.15. The molecular weight excluding hydrogens is 303 g/mol. The average Bonchev–Trinajstić information content (AvgIpc) is 2.39. The van der Waals surface area contributed by atoms with Crippen LogP contribution in [0.4, 0.5) is 0 Å². The Labute approximate surface area is 132 Å². The molecule has 1 aromatic rings. The summed E-state index contributed by atoms with van der Waals surface area (Å²) in [6.45, 7) is 9.54. The first kappa shape index (κ1) is 18.9.